The van der Waals surface area contributed by atoms with E-state index in [1.807, 2.05) is 6.07 Å². The number of carbonyl (C=O) groups excluding carboxylic acids is 1. The molecule has 4 rings (SSSR count). The largest absolute Gasteiger partial charge is 0.493 e. The van der Waals surface area contributed by atoms with Crippen molar-refractivity contribution in [3.63, 3.8) is 0 Å². The molecule has 2 heterocycles. The average molecular weight is 355 g/mol. The number of benzene rings is 2. The number of thiazole rings is 1. The molecule has 9 heteroatoms. The minimum absolute atomic E-state index is 0.261. The van der Waals surface area contributed by atoms with Gasteiger partial charge in [0.2, 0.25) is 0 Å². The van der Waals surface area contributed by atoms with Crippen LogP contribution in [0, 0.1) is 0 Å². The zero-order chi connectivity index (χ0) is 17.4. The van der Waals surface area contributed by atoms with E-state index in [9.17, 15) is 4.79 Å². The van der Waals surface area contributed by atoms with E-state index in [1.54, 1.807) is 38.5 Å². The maximum absolute atomic E-state index is 12.5. The molecule has 0 atom stereocenters. The Hall–Kier alpha value is -3.20. The maximum atomic E-state index is 12.5. The Morgan fingerprint density at radius 1 is 1.04 bits per heavy atom. The summed E-state index contributed by atoms with van der Waals surface area (Å²) in [5.41, 5.74) is 2.54. The van der Waals surface area contributed by atoms with Gasteiger partial charge in [0.05, 0.1) is 24.4 Å². The number of nitrogens with one attached hydrogen (secondary N) is 2. The number of fused-ring (bicyclic) bond motifs is 2. The highest BCUT2D eigenvalue weighted by atomic mass is 32.1. The number of H-pyrrole nitrogens is 1. The van der Waals surface area contributed by atoms with E-state index in [-0.39, 0.29) is 5.91 Å². The summed E-state index contributed by atoms with van der Waals surface area (Å²) in [6, 6.07) is 8.72. The second kappa shape index (κ2) is 6.02. The van der Waals surface area contributed by atoms with Crippen molar-refractivity contribution in [3.05, 3.63) is 35.9 Å². The first-order valence-corrected chi connectivity index (χ1v) is 8.14. The van der Waals surface area contributed by atoms with Gasteiger partial charge in [0, 0.05) is 17.7 Å². The number of anilines is 1. The Morgan fingerprint density at radius 3 is 2.60 bits per heavy atom. The lowest BCUT2D eigenvalue weighted by molar-refractivity contribution is 0.102. The van der Waals surface area contributed by atoms with Gasteiger partial charge >= 0.3 is 0 Å². The van der Waals surface area contributed by atoms with Crippen LogP contribution in [0.15, 0.2) is 30.3 Å². The van der Waals surface area contributed by atoms with Crippen LogP contribution in [0.25, 0.3) is 21.3 Å². The van der Waals surface area contributed by atoms with Gasteiger partial charge in [-0.1, -0.05) is 11.3 Å². The molecule has 0 aliphatic carbocycles. The molecule has 0 bridgehead atoms. The molecule has 0 fully saturated rings. The Kier molecular flexibility index (Phi) is 3.69. The van der Waals surface area contributed by atoms with E-state index in [2.05, 4.69) is 25.7 Å². The molecule has 4 aromatic rings. The molecule has 8 nitrogen and oxygen atoms in total. The smallest absolute Gasteiger partial charge is 0.257 e. The number of hydrogen-bond acceptors (Lipinski definition) is 7. The van der Waals surface area contributed by atoms with Gasteiger partial charge in [0.1, 0.15) is 11.0 Å². The summed E-state index contributed by atoms with van der Waals surface area (Å²) in [6.45, 7) is 0. The molecule has 2 aromatic heterocycles. The molecule has 0 spiro atoms. The van der Waals surface area contributed by atoms with Crippen LogP contribution >= 0.6 is 11.3 Å². The Bertz CT molecular complexity index is 1050. The van der Waals surface area contributed by atoms with Crippen LogP contribution in [0.5, 0.6) is 11.5 Å². The predicted octanol–water partition coefficient (Wildman–Crippen LogP) is 2.84. The molecular formula is C16H13N5O3S. The molecule has 25 heavy (non-hydrogen) atoms. The number of aromatic amines is 1. The lowest BCUT2D eigenvalue weighted by atomic mass is 10.2. The summed E-state index contributed by atoms with van der Waals surface area (Å²) in [4.78, 5) is 16.9. The normalized spacial score (nSPS) is 11.0. The summed E-state index contributed by atoms with van der Waals surface area (Å²) in [7, 11) is 3.15. The molecule has 0 saturated heterocycles. The third kappa shape index (κ3) is 2.74. The number of nitrogens with zero attached hydrogens (tertiary/aromatic N) is 3. The van der Waals surface area contributed by atoms with Gasteiger partial charge in [-0.05, 0) is 18.2 Å². The van der Waals surface area contributed by atoms with Crippen molar-refractivity contribution < 1.29 is 14.3 Å². The average Bonchev–Trinajstić information content (AvgIpc) is 3.25. The van der Waals surface area contributed by atoms with Crippen LogP contribution in [-0.4, -0.2) is 40.5 Å². The van der Waals surface area contributed by atoms with Gasteiger partial charge in [0.15, 0.2) is 16.6 Å². The van der Waals surface area contributed by atoms with E-state index >= 15 is 0 Å². The third-order valence-corrected chi connectivity index (χ3v) is 4.63. The molecule has 2 aromatic carbocycles. The van der Waals surface area contributed by atoms with Crippen LogP contribution in [0.1, 0.15) is 10.4 Å². The van der Waals surface area contributed by atoms with Gasteiger partial charge < -0.3 is 9.47 Å². The van der Waals surface area contributed by atoms with Crippen LogP contribution in [0.2, 0.25) is 0 Å². The zero-order valence-corrected chi connectivity index (χ0v) is 14.2. The summed E-state index contributed by atoms with van der Waals surface area (Å²) >= 11 is 1.36. The molecule has 2 N–H and O–H groups in total. The van der Waals surface area contributed by atoms with E-state index in [0.717, 1.165) is 10.2 Å². The number of amides is 1. The molecular weight excluding hydrogens is 342 g/mol. The fourth-order valence-corrected chi connectivity index (χ4v) is 3.33. The first-order chi connectivity index (χ1) is 12.2. The van der Waals surface area contributed by atoms with Gasteiger partial charge in [-0.2, -0.15) is 15.4 Å². The monoisotopic (exact) mass is 355 g/mol. The van der Waals surface area contributed by atoms with E-state index in [1.165, 1.54) is 11.3 Å². The number of aromatic nitrogens is 4. The number of hydrogen-bond donors (Lipinski definition) is 2. The first-order valence-electron chi connectivity index (χ1n) is 7.32. The van der Waals surface area contributed by atoms with Crippen molar-refractivity contribution >= 4 is 43.6 Å². The highest BCUT2D eigenvalue weighted by molar-refractivity contribution is 7.22. The highest BCUT2D eigenvalue weighted by Crippen LogP contribution is 2.36. The van der Waals surface area contributed by atoms with Crippen molar-refractivity contribution in [2.24, 2.45) is 0 Å². The third-order valence-electron chi connectivity index (χ3n) is 3.69. The predicted molar refractivity (Wildman–Crippen MR) is 94.6 cm³/mol. The van der Waals surface area contributed by atoms with E-state index < -0.39 is 0 Å². The second-order valence-corrected chi connectivity index (χ2v) is 6.21. The fourth-order valence-electron chi connectivity index (χ4n) is 2.46. The van der Waals surface area contributed by atoms with Crippen molar-refractivity contribution in [1.29, 1.82) is 0 Å². The minimum atomic E-state index is -0.261. The first kappa shape index (κ1) is 15.3. The maximum Gasteiger partial charge on any atom is 0.257 e. The molecule has 1 amide bonds. The number of ether oxygens (including phenoxy) is 2. The summed E-state index contributed by atoms with van der Waals surface area (Å²) < 4.78 is 11.5. The SMILES string of the molecule is COc1cc2nc(NC(=O)c3ccc4n[nH]nc4c3)sc2cc1OC. The number of methoxy groups -OCH3 is 2. The lowest BCUT2D eigenvalue weighted by Gasteiger charge is -2.05. The van der Waals surface area contributed by atoms with Crippen molar-refractivity contribution in [1.82, 2.24) is 20.4 Å². The number of rotatable bonds is 4. The molecule has 0 aliphatic heterocycles. The Morgan fingerprint density at radius 2 is 1.80 bits per heavy atom. The van der Waals surface area contributed by atoms with Crippen LogP contribution in [-0.2, 0) is 0 Å². The van der Waals surface area contributed by atoms with Gasteiger partial charge in [-0.25, -0.2) is 4.98 Å². The molecule has 0 unspecified atom stereocenters. The van der Waals surface area contributed by atoms with Crippen molar-refractivity contribution in [2.75, 3.05) is 19.5 Å². The van der Waals surface area contributed by atoms with E-state index in [0.29, 0.717) is 33.2 Å². The van der Waals surface area contributed by atoms with Crippen molar-refractivity contribution in [2.45, 2.75) is 0 Å². The minimum Gasteiger partial charge on any atom is -0.493 e. The standard InChI is InChI=1S/C16H13N5O3S/c1-23-12-6-11-14(7-13(12)24-2)25-16(17-11)18-15(22)8-3-4-9-10(5-8)20-21-19-9/h3-7H,1-2H3,(H,17,18,22)(H,19,20,21). The summed E-state index contributed by atoms with van der Waals surface area (Å²) in [6.07, 6.45) is 0. The second-order valence-electron chi connectivity index (χ2n) is 5.18. The molecule has 0 saturated carbocycles. The van der Waals surface area contributed by atoms with Crippen LogP contribution < -0.4 is 14.8 Å². The van der Waals surface area contributed by atoms with Gasteiger partial charge in [-0.3, -0.25) is 10.1 Å². The van der Waals surface area contributed by atoms with Crippen LogP contribution in [0.4, 0.5) is 5.13 Å². The van der Waals surface area contributed by atoms with Crippen molar-refractivity contribution in [3.8, 4) is 11.5 Å². The van der Waals surface area contributed by atoms with E-state index in [4.69, 9.17) is 9.47 Å². The topological polar surface area (TPSA) is 102 Å². The summed E-state index contributed by atoms with van der Waals surface area (Å²) in [5, 5.41) is 13.8. The zero-order valence-electron chi connectivity index (χ0n) is 13.4. The molecule has 0 aliphatic rings. The highest BCUT2D eigenvalue weighted by Gasteiger charge is 2.14. The van der Waals surface area contributed by atoms with Gasteiger partial charge in [0.25, 0.3) is 5.91 Å². The number of carbonyl (C=O) groups is 1. The van der Waals surface area contributed by atoms with Gasteiger partial charge in [-0.15, -0.1) is 0 Å². The lowest BCUT2D eigenvalue weighted by Crippen LogP contribution is -2.11. The molecule has 0 radical (unpaired) electrons. The Labute approximate surface area is 145 Å². The Balaban J connectivity index is 1.64. The van der Waals surface area contributed by atoms with Crippen LogP contribution in [0.3, 0.4) is 0 Å². The molecule has 126 valence electrons. The fraction of sp³-hybridized carbons (Fsp3) is 0.125. The summed E-state index contributed by atoms with van der Waals surface area (Å²) in [5.74, 6) is 0.950. The quantitative estimate of drug-likeness (QED) is 0.584.